The molecule has 0 bridgehead atoms. The lowest BCUT2D eigenvalue weighted by Crippen LogP contribution is -2.58. The van der Waals surface area contributed by atoms with Crippen LogP contribution in [0.4, 0.5) is 26.3 Å². The van der Waals surface area contributed by atoms with Gasteiger partial charge in [0.15, 0.2) is 5.41 Å². The molecule has 0 amide bonds. The van der Waals surface area contributed by atoms with E-state index in [0.717, 1.165) is 24.3 Å². The summed E-state index contributed by atoms with van der Waals surface area (Å²) < 4.78 is 83.2. The van der Waals surface area contributed by atoms with Crippen LogP contribution in [0.2, 0.25) is 0 Å². The van der Waals surface area contributed by atoms with Crippen molar-refractivity contribution in [1.29, 1.82) is 0 Å². The van der Waals surface area contributed by atoms with Crippen molar-refractivity contribution >= 4 is 25.3 Å². The third kappa shape index (κ3) is 4.18. The SMILES string of the molecule is CCC(CCC(C)S)C(c1ccc(S)cc1)(C(F)(F)F)C(F)(F)F. The fraction of sp³-hybridized carbons (Fsp3) is 0.625. The second-order valence-electron chi connectivity index (χ2n) is 5.88. The Bertz CT molecular complexity index is 505. The molecule has 0 aromatic heterocycles. The number of thiol groups is 2. The van der Waals surface area contributed by atoms with Crippen molar-refractivity contribution in [3.05, 3.63) is 29.8 Å². The van der Waals surface area contributed by atoms with Gasteiger partial charge in [0.2, 0.25) is 0 Å². The molecule has 0 aliphatic heterocycles. The first-order valence-electron chi connectivity index (χ1n) is 7.48. The van der Waals surface area contributed by atoms with E-state index in [2.05, 4.69) is 25.3 Å². The van der Waals surface area contributed by atoms with E-state index in [4.69, 9.17) is 0 Å². The molecule has 138 valence electrons. The van der Waals surface area contributed by atoms with Crippen LogP contribution in [0.3, 0.4) is 0 Å². The average molecular weight is 390 g/mol. The van der Waals surface area contributed by atoms with Crippen molar-refractivity contribution in [3.8, 4) is 0 Å². The Balaban J connectivity index is 3.61. The van der Waals surface area contributed by atoms with E-state index in [0.29, 0.717) is 4.90 Å². The maximum absolute atomic E-state index is 13.9. The van der Waals surface area contributed by atoms with Crippen LogP contribution in [0.15, 0.2) is 29.2 Å². The van der Waals surface area contributed by atoms with E-state index in [1.807, 2.05) is 0 Å². The molecular formula is C16H20F6S2. The maximum Gasteiger partial charge on any atom is 0.407 e. The minimum absolute atomic E-state index is 0.167. The minimum Gasteiger partial charge on any atom is -0.176 e. The molecule has 0 N–H and O–H groups in total. The fourth-order valence-corrected chi connectivity index (χ4v) is 3.38. The zero-order valence-corrected chi connectivity index (χ0v) is 15.0. The highest BCUT2D eigenvalue weighted by atomic mass is 32.1. The minimum atomic E-state index is -5.47. The van der Waals surface area contributed by atoms with Gasteiger partial charge in [-0.2, -0.15) is 39.0 Å². The monoisotopic (exact) mass is 390 g/mol. The Morgan fingerprint density at radius 1 is 0.917 bits per heavy atom. The van der Waals surface area contributed by atoms with Gasteiger partial charge in [0.1, 0.15) is 0 Å². The molecule has 1 aromatic carbocycles. The van der Waals surface area contributed by atoms with Crippen LogP contribution in [-0.4, -0.2) is 17.6 Å². The summed E-state index contributed by atoms with van der Waals surface area (Å²) in [5, 5.41) is -0.280. The van der Waals surface area contributed by atoms with Gasteiger partial charge in [-0.05, 0) is 41.7 Å². The summed E-state index contributed by atoms with van der Waals surface area (Å²) in [6.07, 6.45) is -11.2. The first kappa shape index (κ1) is 21.5. The summed E-state index contributed by atoms with van der Waals surface area (Å²) >= 11 is 8.02. The van der Waals surface area contributed by atoms with E-state index in [-0.39, 0.29) is 24.5 Å². The van der Waals surface area contributed by atoms with Gasteiger partial charge in [-0.1, -0.05) is 32.4 Å². The molecule has 0 fully saturated rings. The Labute approximate surface area is 148 Å². The van der Waals surface area contributed by atoms with Gasteiger partial charge in [-0.25, -0.2) is 0 Å². The summed E-state index contributed by atoms with van der Waals surface area (Å²) in [5.41, 5.74) is -4.70. The summed E-state index contributed by atoms with van der Waals surface area (Å²) in [7, 11) is 0. The molecule has 0 aliphatic carbocycles. The molecule has 0 heterocycles. The van der Waals surface area contributed by atoms with Crippen molar-refractivity contribution in [1.82, 2.24) is 0 Å². The second-order valence-corrected chi connectivity index (χ2v) is 7.28. The van der Waals surface area contributed by atoms with E-state index in [1.54, 1.807) is 6.92 Å². The second kappa shape index (κ2) is 7.81. The quantitative estimate of drug-likeness (QED) is 0.404. The summed E-state index contributed by atoms with van der Waals surface area (Å²) in [5.74, 6) is -1.63. The normalized spacial score (nSPS) is 16.1. The molecule has 1 rings (SSSR count). The highest BCUT2D eigenvalue weighted by molar-refractivity contribution is 7.80. The van der Waals surface area contributed by atoms with Crippen molar-refractivity contribution < 1.29 is 26.3 Å². The zero-order valence-electron chi connectivity index (χ0n) is 13.2. The van der Waals surface area contributed by atoms with E-state index >= 15 is 0 Å². The Kier molecular flexibility index (Phi) is 7.01. The number of hydrogen-bond acceptors (Lipinski definition) is 2. The number of hydrogen-bond donors (Lipinski definition) is 2. The largest absolute Gasteiger partial charge is 0.407 e. The predicted octanol–water partition coefficient (Wildman–Crippen LogP) is 6.46. The molecule has 2 atom stereocenters. The first-order chi connectivity index (χ1) is 10.9. The molecule has 0 saturated carbocycles. The highest BCUT2D eigenvalue weighted by Crippen LogP contribution is 2.58. The van der Waals surface area contributed by atoms with E-state index in [9.17, 15) is 26.3 Å². The first-order valence-corrected chi connectivity index (χ1v) is 8.45. The van der Waals surface area contributed by atoms with Crippen molar-refractivity contribution in [2.45, 2.75) is 61.0 Å². The van der Waals surface area contributed by atoms with Crippen LogP contribution < -0.4 is 0 Å². The number of halogens is 6. The molecule has 0 radical (unpaired) electrons. The Morgan fingerprint density at radius 2 is 1.38 bits per heavy atom. The van der Waals surface area contributed by atoms with Gasteiger partial charge in [-0.3, -0.25) is 0 Å². The van der Waals surface area contributed by atoms with Crippen molar-refractivity contribution in [2.24, 2.45) is 5.92 Å². The molecular weight excluding hydrogens is 370 g/mol. The smallest absolute Gasteiger partial charge is 0.176 e. The molecule has 2 unspecified atom stereocenters. The molecule has 0 nitrogen and oxygen atoms in total. The van der Waals surface area contributed by atoms with E-state index in [1.165, 1.54) is 6.92 Å². The van der Waals surface area contributed by atoms with Gasteiger partial charge in [-0.15, -0.1) is 12.6 Å². The number of alkyl halides is 6. The van der Waals surface area contributed by atoms with Crippen LogP contribution in [0, 0.1) is 5.92 Å². The third-order valence-corrected chi connectivity index (χ3v) is 4.81. The standard InChI is InChI=1S/C16H20F6S2/c1-3-11(5-4-10(2)23)14(15(17,18)19,16(20,21)22)12-6-8-13(24)9-7-12/h6-11,23-24H,3-5H2,1-2H3. The van der Waals surface area contributed by atoms with Gasteiger partial charge < -0.3 is 0 Å². The third-order valence-electron chi connectivity index (χ3n) is 4.25. The lowest BCUT2D eigenvalue weighted by atomic mass is 9.66. The van der Waals surface area contributed by atoms with Gasteiger partial charge in [0.05, 0.1) is 0 Å². The van der Waals surface area contributed by atoms with Crippen LogP contribution in [0.5, 0.6) is 0 Å². The van der Waals surface area contributed by atoms with Gasteiger partial charge >= 0.3 is 12.4 Å². The Hall–Kier alpha value is -0.500. The summed E-state index contributed by atoms with van der Waals surface area (Å²) in [6.45, 7) is 3.00. The molecule has 0 saturated heterocycles. The maximum atomic E-state index is 13.9. The van der Waals surface area contributed by atoms with Crippen LogP contribution >= 0.6 is 25.3 Å². The lowest BCUT2D eigenvalue weighted by Gasteiger charge is -2.43. The molecule has 0 aliphatic rings. The fourth-order valence-electron chi connectivity index (χ4n) is 3.08. The van der Waals surface area contributed by atoms with Crippen LogP contribution in [0.25, 0.3) is 0 Å². The van der Waals surface area contributed by atoms with Crippen LogP contribution in [0.1, 0.15) is 38.7 Å². The molecule has 24 heavy (non-hydrogen) atoms. The van der Waals surface area contributed by atoms with Crippen molar-refractivity contribution in [3.63, 3.8) is 0 Å². The predicted molar refractivity (Wildman–Crippen MR) is 88.9 cm³/mol. The van der Waals surface area contributed by atoms with Gasteiger partial charge in [0, 0.05) is 4.90 Å². The summed E-state index contributed by atoms with van der Waals surface area (Å²) in [4.78, 5) is 0.300. The van der Waals surface area contributed by atoms with Gasteiger partial charge in [0.25, 0.3) is 0 Å². The topological polar surface area (TPSA) is 0 Å². The molecule has 0 spiro atoms. The average Bonchev–Trinajstić information content (AvgIpc) is 2.41. The summed E-state index contributed by atoms with van der Waals surface area (Å²) in [6, 6.07) is 4.05. The zero-order chi connectivity index (χ0) is 18.8. The lowest BCUT2D eigenvalue weighted by molar-refractivity contribution is -0.320. The van der Waals surface area contributed by atoms with E-state index < -0.39 is 29.2 Å². The van der Waals surface area contributed by atoms with Crippen molar-refractivity contribution in [2.75, 3.05) is 0 Å². The molecule has 8 heteroatoms. The Morgan fingerprint density at radius 3 is 1.71 bits per heavy atom. The highest BCUT2D eigenvalue weighted by Gasteiger charge is 2.73. The number of benzene rings is 1. The molecule has 1 aromatic rings. The number of rotatable bonds is 6. The van der Waals surface area contributed by atoms with Crippen LogP contribution in [-0.2, 0) is 5.41 Å².